The van der Waals surface area contributed by atoms with Crippen LogP contribution in [-0.2, 0) is 11.2 Å². The summed E-state index contributed by atoms with van der Waals surface area (Å²) in [5, 5.41) is 20.8. The largest absolute Gasteiger partial charge is 0.373 e. The number of fused-ring (bicyclic) bond motifs is 2. The van der Waals surface area contributed by atoms with Crippen LogP contribution in [0.5, 0.6) is 0 Å². The molecular weight excluding hydrogens is 270 g/mol. The number of hydrogen-bond donors (Lipinski definition) is 0. The summed E-state index contributed by atoms with van der Waals surface area (Å²) in [6.07, 6.45) is 4.66. The SMILES string of the molecule is Cc1cnc(CC2(C#N)CC3CCC2O3)c(C)c1[N+](=O)[O-]. The van der Waals surface area contributed by atoms with E-state index in [9.17, 15) is 15.4 Å². The van der Waals surface area contributed by atoms with Gasteiger partial charge in [0.05, 0.1) is 34.3 Å². The second kappa shape index (κ2) is 4.78. The van der Waals surface area contributed by atoms with Crippen LogP contribution in [0.3, 0.4) is 0 Å². The van der Waals surface area contributed by atoms with Crippen LogP contribution in [-0.4, -0.2) is 22.1 Å². The van der Waals surface area contributed by atoms with Crippen molar-refractivity contribution in [1.82, 2.24) is 4.98 Å². The fraction of sp³-hybridized carbons (Fsp3) is 0.600. The maximum absolute atomic E-state index is 11.2. The maximum atomic E-state index is 11.2. The van der Waals surface area contributed by atoms with E-state index in [1.54, 1.807) is 13.8 Å². The van der Waals surface area contributed by atoms with Crippen LogP contribution in [0.15, 0.2) is 6.20 Å². The summed E-state index contributed by atoms with van der Waals surface area (Å²) in [6.45, 7) is 3.40. The van der Waals surface area contributed by atoms with Crippen molar-refractivity contribution >= 4 is 5.69 Å². The van der Waals surface area contributed by atoms with Crippen molar-refractivity contribution in [1.29, 1.82) is 5.26 Å². The molecule has 110 valence electrons. The molecule has 21 heavy (non-hydrogen) atoms. The minimum atomic E-state index is -0.580. The maximum Gasteiger partial charge on any atom is 0.278 e. The van der Waals surface area contributed by atoms with E-state index in [0.29, 0.717) is 29.7 Å². The van der Waals surface area contributed by atoms with Crippen molar-refractivity contribution < 1.29 is 9.66 Å². The molecule has 2 saturated heterocycles. The zero-order chi connectivity index (χ0) is 15.2. The van der Waals surface area contributed by atoms with Crippen molar-refractivity contribution in [2.45, 2.75) is 51.7 Å². The van der Waals surface area contributed by atoms with Gasteiger partial charge in [-0.2, -0.15) is 5.26 Å². The Labute approximate surface area is 122 Å². The zero-order valence-electron chi connectivity index (χ0n) is 12.1. The summed E-state index contributed by atoms with van der Waals surface area (Å²) >= 11 is 0. The van der Waals surface area contributed by atoms with Gasteiger partial charge in [0.2, 0.25) is 0 Å². The molecule has 6 nitrogen and oxygen atoms in total. The van der Waals surface area contributed by atoms with Gasteiger partial charge in [0.15, 0.2) is 0 Å². The third-order valence-electron chi connectivity index (χ3n) is 4.78. The molecule has 2 fully saturated rings. The first-order valence-corrected chi connectivity index (χ1v) is 7.13. The molecule has 3 atom stereocenters. The van der Waals surface area contributed by atoms with E-state index in [1.165, 1.54) is 6.20 Å². The molecule has 6 heteroatoms. The molecule has 1 aromatic heterocycles. The Hall–Kier alpha value is -2.00. The van der Waals surface area contributed by atoms with Gasteiger partial charge in [-0.15, -0.1) is 0 Å². The molecule has 2 bridgehead atoms. The minimum Gasteiger partial charge on any atom is -0.373 e. The van der Waals surface area contributed by atoms with Crippen LogP contribution in [0.25, 0.3) is 0 Å². The summed E-state index contributed by atoms with van der Waals surface area (Å²) in [4.78, 5) is 15.2. The fourth-order valence-corrected chi connectivity index (χ4v) is 3.67. The van der Waals surface area contributed by atoms with Gasteiger partial charge in [-0.25, -0.2) is 0 Å². The predicted octanol–water partition coefficient (Wildman–Crippen LogP) is 2.61. The van der Waals surface area contributed by atoms with E-state index in [-0.39, 0.29) is 22.8 Å². The van der Waals surface area contributed by atoms with Crippen LogP contribution < -0.4 is 0 Å². The van der Waals surface area contributed by atoms with Gasteiger partial charge in [0.1, 0.15) is 0 Å². The molecule has 3 unspecified atom stereocenters. The first-order chi connectivity index (χ1) is 9.97. The standard InChI is InChI=1S/C15H17N3O3/c1-9-7-17-12(10(2)14(9)18(19)20)6-15(8-16)5-11-3-4-13(15)21-11/h7,11,13H,3-6H2,1-2H3. The van der Waals surface area contributed by atoms with Crippen LogP contribution >= 0.6 is 0 Å². The van der Waals surface area contributed by atoms with Crippen LogP contribution in [0.4, 0.5) is 5.69 Å². The van der Waals surface area contributed by atoms with Crippen molar-refractivity contribution in [2.75, 3.05) is 0 Å². The highest BCUT2D eigenvalue weighted by Gasteiger charge is 2.53. The van der Waals surface area contributed by atoms with Crippen molar-refractivity contribution in [3.63, 3.8) is 0 Å². The first kappa shape index (κ1) is 14.0. The number of pyridine rings is 1. The Morgan fingerprint density at radius 2 is 2.33 bits per heavy atom. The third-order valence-corrected chi connectivity index (χ3v) is 4.78. The number of nitro groups is 1. The molecular formula is C15H17N3O3. The number of aryl methyl sites for hydroxylation is 1. The van der Waals surface area contributed by atoms with E-state index in [2.05, 4.69) is 11.1 Å². The Bertz CT molecular complexity index is 652. The summed E-state index contributed by atoms with van der Waals surface area (Å²) in [6, 6.07) is 2.41. The highest BCUT2D eigenvalue weighted by molar-refractivity contribution is 5.48. The molecule has 2 aliphatic rings. The fourth-order valence-electron chi connectivity index (χ4n) is 3.67. The smallest absolute Gasteiger partial charge is 0.278 e. The molecule has 0 N–H and O–H groups in total. The number of aromatic nitrogens is 1. The van der Waals surface area contributed by atoms with Gasteiger partial charge >= 0.3 is 0 Å². The zero-order valence-corrected chi connectivity index (χ0v) is 12.1. The van der Waals surface area contributed by atoms with Gasteiger partial charge in [-0.05, 0) is 33.1 Å². The summed E-state index contributed by atoms with van der Waals surface area (Å²) in [5.41, 5.74) is 1.29. The van der Waals surface area contributed by atoms with Crippen LogP contribution in [0.1, 0.15) is 36.1 Å². The second-order valence-corrected chi connectivity index (χ2v) is 6.09. The molecule has 3 rings (SSSR count). The molecule has 1 aromatic rings. The molecule has 0 radical (unpaired) electrons. The lowest BCUT2D eigenvalue weighted by atomic mass is 9.71. The molecule has 0 aromatic carbocycles. The summed E-state index contributed by atoms with van der Waals surface area (Å²) in [7, 11) is 0. The third kappa shape index (κ3) is 2.09. The number of nitrogens with zero attached hydrogens (tertiary/aromatic N) is 3. The van der Waals surface area contributed by atoms with E-state index in [0.717, 1.165) is 12.8 Å². The Morgan fingerprint density at radius 3 is 2.86 bits per heavy atom. The van der Waals surface area contributed by atoms with E-state index in [1.807, 2.05) is 0 Å². The molecule has 0 aliphatic carbocycles. The highest BCUT2D eigenvalue weighted by atomic mass is 16.6. The van der Waals surface area contributed by atoms with Gasteiger partial charge in [-0.3, -0.25) is 15.1 Å². The minimum absolute atomic E-state index is 0.0611. The lowest BCUT2D eigenvalue weighted by Gasteiger charge is -2.28. The Morgan fingerprint density at radius 1 is 1.57 bits per heavy atom. The van der Waals surface area contributed by atoms with Gasteiger partial charge in [-0.1, -0.05) is 0 Å². The predicted molar refractivity (Wildman–Crippen MR) is 74.6 cm³/mol. The lowest BCUT2D eigenvalue weighted by molar-refractivity contribution is -0.386. The van der Waals surface area contributed by atoms with Crippen molar-refractivity contribution in [3.8, 4) is 6.07 Å². The van der Waals surface area contributed by atoms with Crippen LogP contribution in [0.2, 0.25) is 0 Å². The summed E-state index contributed by atoms with van der Waals surface area (Å²) in [5.74, 6) is 0. The second-order valence-electron chi connectivity index (χ2n) is 6.09. The average Bonchev–Trinajstić information content (AvgIpc) is 3.03. The molecule has 0 saturated carbocycles. The number of ether oxygens (including phenoxy) is 1. The first-order valence-electron chi connectivity index (χ1n) is 7.13. The quantitative estimate of drug-likeness (QED) is 0.629. The molecule has 0 spiro atoms. The Balaban J connectivity index is 1.97. The summed E-state index contributed by atoms with van der Waals surface area (Å²) < 4.78 is 5.81. The number of nitriles is 1. The van der Waals surface area contributed by atoms with Gasteiger partial charge in [0, 0.05) is 23.7 Å². The van der Waals surface area contributed by atoms with Gasteiger partial charge in [0.25, 0.3) is 5.69 Å². The van der Waals surface area contributed by atoms with Crippen molar-refractivity contribution in [2.24, 2.45) is 5.41 Å². The monoisotopic (exact) mass is 287 g/mol. The van der Waals surface area contributed by atoms with Crippen LogP contribution in [0, 0.1) is 40.7 Å². The van der Waals surface area contributed by atoms with E-state index >= 15 is 0 Å². The normalized spacial score (nSPS) is 30.3. The molecule has 2 aliphatic heterocycles. The average molecular weight is 287 g/mol. The number of rotatable bonds is 3. The van der Waals surface area contributed by atoms with Crippen molar-refractivity contribution in [3.05, 3.63) is 33.1 Å². The molecule has 0 amide bonds. The Kier molecular flexibility index (Phi) is 3.18. The van der Waals surface area contributed by atoms with E-state index in [4.69, 9.17) is 4.74 Å². The van der Waals surface area contributed by atoms with Gasteiger partial charge < -0.3 is 4.74 Å². The highest BCUT2D eigenvalue weighted by Crippen LogP contribution is 2.49. The topological polar surface area (TPSA) is 89.0 Å². The number of hydrogen-bond acceptors (Lipinski definition) is 5. The lowest BCUT2D eigenvalue weighted by Crippen LogP contribution is -2.33. The van der Waals surface area contributed by atoms with E-state index < -0.39 is 5.41 Å². The molecule has 3 heterocycles.